The lowest BCUT2D eigenvalue weighted by Crippen LogP contribution is -2.25. The van der Waals surface area contributed by atoms with Gasteiger partial charge in [0.1, 0.15) is 16.3 Å². The van der Waals surface area contributed by atoms with Gasteiger partial charge in [0.2, 0.25) is 5.91 Å². The van der Waals surface area contributed by atoms with E-state index >= 15 is 0 Å². The van der Waals surface area contributed by atoms with Crippen molar-refractivity contribution < 1.29 is 4.79 Å². The van der Waals surface area contributed by atoms with Crippen LogP contribution in [0.2, 0.25) is 5.15 Å². The molecule has 0 bridgehead atoms. The molecule has 0 aliphatic heterocycles. The van der Waals surface area contributed by atoms with Crippen molar-refractivity contribution in [2.24, 2.45) is 0 Å². The van der Waals surface area contributed by atoms with Crippen molar-refractivity contribution >= 4 is 45.6 Å². The first-order chi connectivity index (χ1) is 9.63. The summed E-state index contributed by atoms with van der Waals surface area (Å²) in [5.41, 5.74) is 0.788. The molecule has 0 atom stereocenters. The van der Waals surface area contributed by atoms with Gasteiger partial charge in [0.15, 0.2) is 5.15 Å². The van der Waals surface area contributed by atoms with E-state index in [4.69, 9.17) is 11.6 Å². The molecule has 0 spiro atoms. The maximum atomic E-state index is 12.0. The molecular formula is C12H13ClN4OS2. The van der Waals surface area contributed by atoms with E-state index < -0.39 is 0 Å². The average molecular weight is 329 g/mol. The van der Waals surface area contributed by atoms with Crippen molar-refractivity contribution in [3.05, 3.63) is 23.9 Å². The van der Waals surface area contributed by atoms with Gasteiger partial charge < -0.3 is 4.90 Å². The summed E-state index contributed by atoms with van der Waals surface area (Å²) in [5, 5.41) is 1.68. The normalized spacial score (nSPS) is 10.6. The average Bonchev–Trinajstić information content (AvgIpc) is 2.87. The highest BCUT2D eigenvalue weighted by atomic mass is 35.5. The maximum absolute atomic E-state index is 12.0. The largest absolute Gasteiger partial charge is 0.304 e. The van der Waals surface area contributed by atoms with Crippen LogP contribution in [0.1, 0.15) is 6.42 Å². The van der Waals surface area contributed by atoms with Gasteiger partial charge in [-0.1, -0.05) is 22.9 Å². The standard InChI is InChI=1S/C12H13ClN4OS2/c1-17(9(18)3-4-19-2)12-10(13)16-11(20-12)8-5-14-7-15-6-8/h5-7H,3-4H2,1-2H3. The third-order valence-corrected chi connectivity index (χ3v) is 4.74. The highest BCUT2D eigenvalue weighted by Gasteiger charge is 2.19. The molecule has 2 rings (SSSR count). The number of amides is 1. The van der Waals surface area contributed by atoms with Crippen molar-refractivity contribution in [1.82, 2.24) is 15.0 Å². The minimum atomic E-state index is 0.0285. The molecule has 2 heterocycles. The van der Waals surface area contributed by atoms with Crippen LogP contribution in [0.5, 0.6) is 0 Å². The predicted octanol–water partition coefficient (Wildman–Crippen LogP) is 2.97. The zero-order valence-electron chi connectivity index (χ0n) is 11.0. The molecular weight excluding hydrogens is 316 g/mol. The number of carbonyl (C=O) groups excluding carboxylic acids is 1. The second-order valence-corrected chi connectivity index (χ2v) is 6.26. The molecule has 5 nitrogen and oxygen atoms in total. The molecule has 0 radical (unpaired) electrons. The molecule has 2 aromatic rings. The lowest BCUT2D eigenvalue weighted by atomic mass is 10.4. The third-order valence-electron chi connectivity index (χ3n) is 2.58. The molecule has 0 aromatic carbocycles. The molecule has 0 unspecified atom stereocenters. The molecule has 2 aromatic heterocycles. The van der Waals surface area contributed by atoms with Crippen molar-refractivity contribution in [3.63, 3.8) is 0 Å². The van der Waals surface area contributed by atoms with Gasteiger partial charge in [-0.25, -0.2) is 15.0 Å². The van der Waals surface area contributed by atoms with Gasteiger partial charge >= 0.3 is 0 Å². The Balaban J connectivity index is 2.21. The van der Waals surface area contributed by atoms with Crippen LogP contribution in [0, 0.1) is 0 Å². The monoisotopic (exact) mass is 328 g/mol. The number of carbonyl (C=O) groups is 1. The summed E-state index contributed by atoms with van der Waals surface area (Å²) in [6.45, 7) is 0. The Morgan fingerprint density at radius 3 is 2.80 bits per heavy atom. The highest BCUT2D eigenvalue weighted by molar-refractivity contribution is 7.98. The van der Waals surface area contributed by atoms with Crippen LogP contribution >= 0.6 is 34.7 Å². The quantitative estimate of drug-likeness (QED) is 0.844. The van der Waals surface area contributed by atoms with E-state index in [2.05, 4.69) is 15.0 Å². The summed E-state index contributed by atoms with van der Waals surface area (Å²) in [5.74, 6) is 0.819. The summed E-state index contributed by atoms with van der Waals surface area (Å²) >= 11 is 9.12. The van der Waals surface area contributed by atoms with Crippen LogP contribution in [0.25, 0.3) is 10.6 Å². The van der Waals surface area contributed by atoms with Gasteiger partial charge in [0, 0.05) is 37.2 Å². The second-order valence-electron chi connectivity index (χ2n) is 3.94. The second kappa shape index (κ2) is 7.01. The van der Waals surface area contributed by atoms with E-state index in [0.29, 0.717) is 21.6 Å². The Labute approximate surface area is 130 Å². The lowest BCUT2D eigenvalue weighted by Gasteiger charge is -2.14. The number of nitrogens with zero attached hydrogens (tertiary/aromatic N) is 4. The minimum absolute atomic E-state index is 0.0285. The number of rotatable bonds is 5. The molecule has 0 saturated heterocycles. The first-order valence-corrected chi connectivity index (χ1v) is 8.39. The first kappa shape index (κ1) is 15.2. The SMILES string of the molecule is CSCCC(=O)N(C)c1sc(-c2cncnc2)nc1Cl. The number of anilines is 1. The summed E-state index contributed by atoms with van der Waals surface area (Å²) in [6.07, 6.45) is 7.25. The molecule has 20 heavy (non-hydrogen) atoms. The summed E-state index contributed by atoms with van der Waals surface area (Å²) in [4.78, 5) is 25.7. The number of thioether (sulfide) groups is 1. The molecule has 0 aliphatic rings. The fourth-order valence-electron chi connectivity index (χ4n) is 1.50. The zero-order valence-corrected chi connectivity index (χ0v) is 13.4. The molecule has 0 fully saturated rings. The van der Waals surface area contributed by atoms with E-state index in [9.17, 15) is 4.79 Å². The van der Waals surface area contributed by atoms with Crippen LogP contribution in [0.3, 0.4) is 0 Å². The highest BCUT2D eigenvalue weighted by Crippen LogP contribution is 2.36. The van der Waals surface area contributed by atoms with Gasteiger partial charge in [-0.15, -0.1) is 0 Å². The fraction of sp³-hybridized carbons (Fsp3) is 0.333. The lowest BCUT2D eigenvalue weighted by molar-refractivity contribution is -0.117. The smallest absolute Gasteiger partial charge is 0.228 e. The van der Waals surface area contributed by atoms with E-state index in [1.165, 1.54) is 17.7 Å². The van der Waals surface area contributed by atoms with Crippen molar-refractivity contribution in [2.75, 3.05) is 24.0 Å². The van der Waals surface area contributed by atoms with Crippen molar-refractivity contribution in [2.45, 2.75) is 6.42 Å². The van der Waals surface area contributed by atoms with Gasteiger partial charge in [0.25, 0.3) is 0 Å². The Hall–Kier alpha value is -1.18. The molecule has 1 amide bonds. The topological polar surface area (TPSA) is 59.0 Å². The van der Waals surface area contributed by atoms with E-state index in [1.807, 2.05) is 6.26 Å². The third kappa shape index (κ3) is 3.47. The van der Waals surface area contributed by atoms with E-state index in [-0.39, 0.29) is 5.91 Å². The van der Waals surface area contributed by atoms with Crippen molar-refractivity contribution in [3.8, 4) is 10.6 Å². The van der Waals surface area contributed by atoms with Gasteiger partial charge in [-0.2, -0.15) is 11.8 Å². The molecule has 0 N–H and O–H groups in total. The fourth-order valence-corrected chi connectivity index (χ4v) is 3.17. The van der Waals surface area contributed by atoms with E-state index in [1.54, 1.807) is 36.1 Å². The summed E-state index contributed by atoms with van der Waals surface area (Å²) in [6, 6.07) is 0. The number of aromatic nitrogens is 3. The van der Waals surface area contributed by atoms with Gasteiger partial charge in [0.05, 0.1) is 0 Å². The molecule has 106 valence electrons. The maximum Gasteiger partial charge on any atom is 0.228 e. The number of hydrogen-bond acceptors (Lipinski definition) is 6. The Kier molecular flexibility index (Phi) is 5.33. The summed E-state index contributed by atoms with van der Waals surface area (Å²) < 4.78 is 0. The van der Waals surface area contributed by atoms with Crippen LogP contribution in [-0.4, -0.2) is 39.9 Å². The molecule has 0 saturated carbocycles. The zero-order chi connectivity index (χ0) is 14.5. The first-order valence-electron chi connectivity index (χ1n) is 5.80. The van der Waals surface area contributed by atoms with Crippen LogP contribution in [0.4, 0.5) is 5.00 Å². The number of halogens is 1. The Bertz CT molecular complexity index is 590. The molecule has 0 aliphatic carbocycles. The predicted molar refractivity (Wildman–Crippen MR) is 84.6 cm³/mol. The van der Waals surface area contributed by atoms with Gasteiger partial charge in [-0.3, -0.25) is 4.79 Å². The Morgan fingerprint density at radius 2 is 2.15 bits per heavy atom. The van der Waals surface area contributed by atoms with Crippen LogP contribution < -0.4 is 4.90 Å². The summed E-state index contributed by atoms with van der Waals surface area (Å²) in [7, 11) is 1.72. The molecule has 8 heteroatoms. The number of hydrogen-bond donors (Lipinski definition) is 0. The van der Waals surface area contributed by atoms with Crippen molar-refractivity contribution in [1.29, 1.82) is 0 Å². The van der Waals surface area contributed by atoms with Crippen LogP contribution in [0.15, 0.2) is 18.7 Å². The number of thiazole rings is 1. The van der Waals surface area contributed by atoms with E-state index in [0.717, 1.165) is 11.3 Å². The van der Waals surface area contributed by atoms with Gasteiger partial charge in [-0.05, 0) is 6.26 Å². The minimum Gasteiger partial charge on any atom is -0.304 e. The van der Waals surface area contributed by atoms with Crippen LogP contribution in [-0.2, 0) is 4.79 Å². The Morgan fingerprint density at radius 1 is 1.45 bits per heavy atom.